The molecule has 0 aromatic heterocycles. The maximum absolute atomic E-state index is 9.81. The van der Waals surface area contributed by atoms with E-state index in [2.05, 4.69) is 5.43 Å². The van der Waals surface area contributed by atoms with Crippen LogP contribution in [-0.4, -0.2) is 5.03 Å². The highest BCUT2D eigenvalue weighted by Gasteiger charge is 1.84. The van der Waals surface area contributed by atoms with Crippen LogP contribution < -0.4 is 6.15 Å². The summed E-state index contributed by atoms with van der Waals surface area (Å²) in [5, 5.41) is 9.14. The van der Waals surface area contributed by atoms with Crippen molar-refractivity contribution in [2.75, 3.05) is 0 Å². The molecule has 0 fully saturated rings. The number of nitrogens with zero attached hydrogens (tertiary/aromatic N) is 2. The number of quaternary nitrogens is 1. The Kier molecular flexibility index (Phi) is 4.40. The molecule has 0 unspecified atom stereocenters. The Morgan fingerprint density at radius 1 is 1.33 bits per heavy atom. The smallest absolute Gasteiger partial charge is 0.0124 e. The second kappa shape index (κ2) is 5.09. The maximum Gasteiger partial charge on any atom is -0.0124 e. The van der Waals surface area contributed by atoms with Crippen LogP contribution in [0.4, 0.5) is 0 Å². The molecule has 0 radical (unpaired) electrons. The molecule has 0 aliphatic rings. The highest BCUT2D eigenvalue weighted by molar-refractivity contribution is 5.15. The number of nitro groups is 1. The Morgan fingerprint density at radius 2 is 1.92 bits per heavy atom. The summed E-state index contributed by atoms with van der Waals surface area (Å²) in [6.07, 6.45) is 0. The van der Waals surface area contributed by atoms with E-state index in [1.807, 2.05) is 18.2 Å². The number of rotatable bonds is 3. The van der Waals surface area contributed by atoms with Gasteiger partial charge in [0.2, 0.25) is 0 Å². The molecule has 12 heavy (non-hydrogen) atoms. The van der Waals surface area contributed by atoms with Crippen molar-refractivity contribution in [3.63, 3.8) is 0 Å². The Balaban J connectivity index is 0.00000121. The first-order valence-corrected chi connectivity index (χ1v) is 3.15. The summed E-state index contributed by atoms with van der Waals surface area (Å²) in [5.74, 6) is 0. The van der Waals surface area contributed by atoms with Gasteiger partial charge >= 0.3 is 0 Å². The lowest BCUT2D eigenvalue weighted by Crippen LogP contribution is -1.91. The molecule has 1 aromatic carbocycles. The normalized spacial score (nSPS) is 8.33. The quantitative estimate of drug-likeness (QED) is 0.554. The van der Waals surface area contributed by atoms with Crippen molar-refractivity contribution in [3.05, 3.63) is 51.4 Å². The number of hydrogen-bond donors (Lipinski definition) is 1. The molecule has 0 bridgehead atoms. The van der Waals surface area contributed by atoms with Gasteiger partial charge in [0.05, 0.1) is 0 Å². The summed E-state index contributed by atoms with van der Waals surface area (Å²) in [4.78, 5) is 9.81. The SMILES string of the molecule is O=[N+]([O-])[N-]Cc1ccccc1.[NH4+]. The molecule has 1 rings (SSSR count). The summed E-state index contributed by atoms with van der Waals surface area (Å²) in [6, 6.07) is 9.10. The van der Waals surface area contributed by atoms with Crippen LogP contribution >= 0.6 is 0 Å². The van der Waals surface area contributed by atoms with Crippen LogP contribution in [0.3, 0.4) is 0 Å². The predicted molar refractivity (Wildman–Crippen MR) is 46.5 cm³/mol. The van der Waals surface area contributed by atoms with E-state index in [-0.39, 0.29) is 12.7 Å². The zero-order valence-corrected chi connectivity index (χ0v) is 6.80. The molecule has 4 N–H and O–H groups in total. The molecule has 0 heterocycles. The molecule has 66 valence electrons. The van der Waals surface area contributed by atoms with Gasteiger partial charge in [-0.15, -0.1) is 0 Å². The molecular formula is C7H11N3O2. The van der Waals surface area contributed by atoms with E-state index in [9.17, 15) is 10.1 Å². The fourth-order valence-electron chi connectivity index (χ4n) is 0.723. The van der Waals surface area contributed by atoms with Crippen molar-refractivity contribution in [3.8, 4) is 0 Å². The van der Waals surface area contributed by atoms with Gasteiger partial charge in [0, 0.05) is 0 Å². The molecule has 0 aliphatic heterocycles. The molecular weight excluding hydrogens is 158 g/mol. The lowest BCUT2D eigenvalue weighted by Gasteiger charge is -2.07. The Labute approximate surface area is 70.1 Å². The van der Waals surface area contributed by atoms with E-state index in [0.29, 0.717) is 0 Å². The van der Waals surface area contributed by atoms with E-state index < -0.39 is 5.03 Å². The predicted octanol–water partition coefficient (Wildman–Crippen LogP) is 2.13. The topological polar surface area (TPSA) is 93.7 Å². The van der Waals surface area contributed by atoms with Crippen molar-refractivity contribution >= 4 is 0 Å². The van der Waals surface area contributed by atoms with Crippen LogP contribution in [0.25, 0.3) is 5.43 Å². The van der Waals surface area contributed by atoms with Crippen molar-refractivity contribution in [2.45, 2.75) is 6.54 Å². The van der Waals surface area contributed by atoms with Gasteiger partial charge in [-0.1, -0.05) is 42.4 Å². The molecule has 0 saturated carbocycles. The van der Waals surface area contributed by atoms with E-state index >= 15 is 0 Å². The lowest BCUT2D eigenvalue weighted by atomic mass is 10.2. The molecule has 0 amide bonds. The summed E-state index contributed by atoms with van der Waals surface area (Å²) in [5.41, 5.74) is 3.97. The zero-order valence-electron chi connectivity index (χ0n) is 6.80. The third-order valence-corrected chi connectivity index (χ3v) is 1.21. The van der Waals surface area contributed by atoms with Crippen molar-refractivity contribution < 1.29 is 5.03 Å². The first-order valence-electron chi connectivity index (χ1n) is 3.15. The first kappa shape index (κ1) is 10.4. The minimum Gasteiger partial charge on any atom is -0.375 e. The molecule has 0 aliphatic carbocycles. The monoisotopic (exact) mass is 169 g/mol. The van der Waals surface area contributed by atoms with Gasteiger partial charge < -0.3 is 11.6 Å². The third-order valence-electron chi connectivity index (χ3n) is 1.21. The molecule has 0 atom stereocenters. The van der Waals surface area contributed by atoms with Crippen LogP contribution in [0, 0.1) is 10.1 Å². The standard InChI is InChI=1S/C7H7N2O2.H3N/c10-9(11)8-6-7-4-2-1-3-5-7;/h1-5H,6H2;1H3/q-1;/p+1. The second-order valence-electron chi connectivity index (χ2n) is 2.02. The summed E-state index contributed by atoms with van der Waals surface area (Å²) in [7, 11) is 0. The van der Waals surface area contributed by atoms with E-state index in [4.69, 9.17) is 0 Å². The fraction of sp³-hybridized carbons (Fsp3) is 0.143. The van der Waals surface area contributed by atoms with Gasteiger partial charge in [-0.25, -0.2) is 0 Å². The fourth-order valence-corrected chi connectivity index (χ4v) is 0.723. The van der Waals surface area contributed by atoms with Gasteiger partial charge in [0.25, 0.3) is 0 Å². The van der Waals surface area contributed by atoms with Crippen LogP contribution in [0.15, 0.2) is 30.3 Å². The molecule has 5 heteroatoms. The van der Waals surface area contributed by atoms with Gasteiger partial charge in [-0.2, -0.15) is 0 Å². The first-order chi connectivity index (χ1) is 5.29. The van der Waals surface area contributed by atoms with Gasteiger partial charge in [0.1, 0.15) is 0 Å². The van der Waals surface area contributed by atoms with E-state index in [1.54, 1.807) is 12.1 Å². The highest BCUT2D eigenvalue weighted by atomic mass is 16.7. The number of hydrogen-bond acceptors (Lipinski definition) is 2. The Morgan fingerprint density at radius 3 is 2.42 bits per heavy atom. The molecule has 0 saturated heterocycles. The van der Waals surface area contributed by atoms with Crippen LogP contribution in [-0.2, 0) is 6.54 Å². The number of benzene rings is 1. The van der Waals surface area contributed by atoms with E-state index in [1.165, 1.54) is 0 Å². The van der Waals surface area contributed by atoms with E-state index in [0.717, 1.165) is 5.56 Å². The average Bonchev–Trinajstić information content (AvgIpc) is 2.03. The summed E-state index contributed by atoms with van der Waals surface area (Å²) < 4.78 is 0. The van der Waals surface area contributed by atoms with Crippen molar-refractivity contribution in [1.82, 2.24) is 6.15 Å². The lowest BCUT2D eigenvalue weighted by molar-refractivity contribution is -0.428. The zero-order chi connectivity index (χ0) is 8.10. The largest absolute Gasteiger partial charge is 0.375 e. The van der Waals surface area contributed by atoms with Gasteiger partial charge in [-0.05, 0) is 5.03 Å². The summed E-state index contributed by atoms with van der Waals surface area (Å²) in [6.45, 7) is 0.147. The highest BCUT2D eigenvalue weighted by Crippen LogP contribution is 2.03. The van der Waals surface area contributed by atoms with Crippen molar-refractivity contribution in [2.24, 2.45) is 0 Å². The van der Waals surface area contributed by atoms with Crippen LogP contribution in [0.5, 0.6) is 0 Å². The van der Waals surface area contributed by atoms with Crippen LogP contribution in [0.2, 0.25) is 0 Å². The molecule has 0 spiro atoms. The molecule has 5 nitrogen and oxygen atoms in total. The van der Waals surface area contributed by atoms with Crippen LogP contribution in [0.1, 0.15) is 5.56 Å². The van der Waals surface area contributed by atoms with Gasteiger partial charge in [0.15, 0.2) is 0 Å². The second-order valence-corrected chi connectivity index (χ2v) is 2.02. The van der Waals surface area contributed by atoms with Gasteiger partial charge in [-0.3, -0.25) is 10.1 Å². The third kappa shape index (κ3) is 3.52. The Hall–Kier alpha value is -1.62. The molecule has 1 aromatic rings. The summed E-state index contributed by atoms with van der Waals surface area (Å²) >= 11 is 0. The average molecular weight is 169 g/mol. The maximum atomic E-state index is 9.81. The Bertz CT molecular complexity index is 238. The van der Waals surface area contributed by atoms with Crippen molar-refractivity contribution in [1.29, 1.82) is 0 Å². The minimum absolute atomic E-state index is 0. The minimum atomic E-state index is -0.674.